The lowest BCUT2D eigenvalue weighted by Gasteiger charge is -2.35. The Morgan fingerprint density at radius 2 is 1.39 bits per heavy atom. The lowest BCUT2D eigenvalue weighted by molar-refractivity contribution is 0.179. The Bertz CT molecular complexity index is 608. The highest BCUT2D eigenvalue weighted by Gasteiger charge is 2.19. The van der Waals surface area contributed by atoms with Crippen LogP contribution in [0.25, 0.3) is 0 Å². The Morgan fingerprint density at radius 3 is 2.00 bits per heavy atom. The van der Waals surface area contributed by atoms with Crippen molar-refractivity contribution < 1.29 is 0 Å². The molecule has 2 aromatic rings. The smallest absolute Gasteiger partial charge is 0.136 e. The molecule has 0 aromatic heterocycles. The molecule has 2 nitrogen and oxygen atoms in total. The number of benzene rings is 2. The normalized spacial score (nSPS) is 15.6. The molecule has 0 aliphatic carbocycles. The van der Waals surface area contributed by atoms with Gasteiger partial charge in [0.25, 0.3) is 0 Å². The molecular weight excluding hydrogens is 320 g/mol. The second-order valence-electron chi connectivity index (χ2n) is 5.79. The summed E-state index contributed by atoms with van der Waals surface area (Å²) in [5, 5.41) is 0. The predicted molar refractivity (Wildman–Crippen MR) is 104 cm³/mol. The summed E-state index contributed by atoms with van der Waals surface area (Å²) in [4.78, 5) is 4.86. The first-order chi connectivity index (χ1) is 11.3. The summed E-state index contributed by atoms with van der Waals surface area (Å²) in [5.41, 5.74) is 2.73. The van der Waals surface area contributed by atoms with Crippen molar-refractivity contribution in [1.82, 2.24) is 9.80 Å². The van der Waals surface area contributed by atoms with Crippen LogP contribution < -0.4 is 0 Å². The Morgan fingerprint density at radius 1 is 0.826 bits per heavy atom. The van der Waals surface area contributed by atoms with Crippen LogP contribution in [0.1, 0.15) is 11.1 Å². The van der Waals surface area contributed by atoms with E-state index in [1.54, 1.807) is 11.8 Å². The molecule has 0 amide bonds. The summed E-state index contributed by atoms with van der Waals surface area (Å²) >= 11 is 7.39. The summed E-state index contributed by atoms with van der Waals surface area (Å²) in [6.07, 6.45) is 0. The molecule has 0 bridgehead atoms. The minimum absolute atomic E-state index is 0.962. The van der Waals surface area contributed by atoms with Gasteiger partial charge in [-0.25, -0.2) is 0 Å². The molecule has 2 aromatic carbocycles. The van der Waals surface area contributed by atoms with E-state index < -0.39 is 0 Å². The summed E-state index contributed by atoms with van der Waals surface area (Å²) in [7, 11) is 0. The van der Waals surface area contributed by atoms with E-state index in [1.165, 1.54) is 11.1 Å². The van der Waals surface area contributed by atoms with Crippen LogP contribution in [0.4, 0.5) is 0 Å². The van der Waals surface area contributed by atoms with Gasteiger partial charge in [-0.1, -0.05) is 84.6 Å². The van der Waals surface area contributed by atoms with Gasteiger partial charge in [0.05, 0.1) is 0 Å². The number of piperazine rings is 1. The van der Waals surface area contributed by atoms with Crippen LogP contribution in [-0.4, -0.2) is 40.3 Å². The highest BCUT2D eigenvalue weighted by Crippen LogP contribution is 2.18. The lowest BCUT2D eigenvalue weighted by Crippen LogP contribution is -2.47. The molecule has 0 atom stereocenters. The Labute approximate surface area is 148 Å². The van der Waals surface area contributed by atoms with E-state index in [0.29, 0.717) is 0 Å². The van der Waals surface area contributed by atoms with E-state index >= 15 is 0 Å². The lowest BCUT2D eigenvalue weighted by atomic mass is 10.2. The Kier molecular flexibility index (Phi) is 6.08. The molecule has 1 aliphatic heterocycles. The van der Waals surface area contributed by atoms with Crippen molar-refractivity contribution in [2.24, 2.45) is 0 Å². The molecular formula is C19H22N2S2. The molecule has 1 aliphatic rings. The van der Waals surface area contributed by atoms with Crippen LogP contribution >= 0.6 is 24.0 Å². The SMILES string of the molecule is S=C(SCc1ccccc1)N1CCN(Cc2ccccc2)CC1. The van der Waals surface area contributed by atoms with Crippen LogP contribution in [-0.2, 0) is 12.3 Å². The van der Waals surface area contributed by atoms with Crippen molar-refractivity contribution in [2.45, 2.75) is 12.3 Å². The fourth-order valence-corrected chi connectivity index (χ4v) is 3.95. The zero-order chi connectivity index (χ0) is 15.9. The summed E-state index contributed by atoms with van der Waals surface area (Å²) in [6, 6.07) is 21.2. The van der Waals surface area contributed by atoms with E-state index in [2.05, 4.69) is 70.5 Å². The molecule has 1 fully saturated rings. The maximum absolute atomic E-state index is 5.61. The van der Waals surface area contributed by atoms with Crippen LogP contribution in [0, 0.1) is 0 Å². The average Bonchev–Trinajstić information content (AvgIpc) is 2.62. The predicted octanol–water partition coefficient (Wildman–Crippen LogP) is 4.02. The van der Waals surface area contributed by atoms with Crippen molar-refractivity contribution >= 4 is 28.3 Å². The van der Waals surface area contributed by atoms with Gasteiger partial charge >= 0.3 is 0 Å². The van der Waals surface area contributed by atoms with Crippen LogP contribution in [0.2, 0.25) is 0 Å². The quantitative estimate of drug-likeness (QED) is 0.774. The highest BCUT2D eigenvalue weighted by molar-refractivity contribution is 8.22. The molecule has 1 saturated heterocycles. The molecule has 23 heavy (non-hydrogen) atoms. The number of thioether (sulfide) groups is 1. The monoisotopic (exact) mass is 342 g/mol. The molecule has 4 heteroatoms. The van der Waals surface area contributed by atoms with Crippen LogP contribution in [0.3, 0.4) is 0 Å². The van der Waals surface area contributed by atoms with Gasteiger partial charge in [-0.15, -0.1) is 0 Å². The standard InChI is InChI=1S/C19H22N2S2/c22-19(23-16-18-9-5-2-6-10-18)21-13-11-20(12-14-21)15-17-7-3-1-4-8-17/h1-10H,11-16H2. The summed E-state index contributed by atoms with van der Waals surface area (Å²) in [6.45, 7) is 5.28. The van der Waals surface area contributed by atoms with Gasteiger partial charge in [0.1, 0.15) is 4.32 Å². The van der Waals surface area contributed by atoms with E-state index in [-0.39, 0.29) is 0 Å². The minimum atomic E-state index is 0.962. The van der Waals surface area contributed by atoms with Gasteiger partial charge in [0.15, 0.2) is 0 Å². The second-order valence-corrected chi connectivity index (χ2v) is 7.40. The van der Waals surface area contributed by atoms with Gasteiger partial charge < -0.3 is 4.90 Å². The largest absolute Gasteiger partial charge is 0.355 e. The molecule has 120 valence electrons. The van der Waals surface area contributed by atoms with Gasteiger partial charge in [0.2, 0.25) is 0 Å². The van der Waals surface area contributed by atoms with E-state index in [1.807, 2.05) is 0 Å². The first-order valence-corrected chi connectivity index (χ1v) is 9.42. The van der Waals surface area contributed by atoms with E-state index in [9.17, 15) is 0 Å². The van der Waals surface area contributed by atoms with Crippen LogP contribution in [0.15, 0.2) is 60.7 Å². The maximum Gasteiger partial charge on any atom is 0.136 e. The van der Waals surface area contributed by atoms with Crippen molar-refractivity contribution in [2.75, 3.05) is 26.2 Å². The Hall–Kier alpha value is -1.36. The topological polar surface area (TPSA) is 6.48 Å². The molecule has 0 radical (unpaired) electrons. The highest BCUT2D eigenvalue weighted by atomic mass is 32.2. The number of hydrogen-bond donors (Lipinski definition) is 0. The molecule has 0 saturated carbocycles. The van der Waals surface area contributed by atoms with Crippen LogP contribution in [0.5, 0.6) is 0 Å². The third kappa shape index (κ3) is 5.06. The molecule has 0 spiro atoms. The maximum atomic E-state index is 5.61. The van der Waals surface area contributed by atoms with Gasteiger partial charge in [-0.2, -0.15) is 0 Å². The van der Waals surface area contributed by atoms with E-state index in [0.717, 1.165) is 42.8 Å². The van der Waals surface area contributed by atoms with Gasteiger partial charge in [-0.3, -0.25) is 4.90 Å². The number of nitrogens with zero attached hydrogens (tertiary/aromatic N) is 2. The zero-order valence-corrected chi connectivity index (χ0v) is 14.9. The molecule has 3 rings (SSSR count). The molecule has 1 heterocycles. The number of thiocarbonyl (C=S) groups is 1. The zero-order valence-electron chi connectivity index (χ0n) is 13.2. The summed E-state index contributed by atoms with van der Waals surface area (Å²) < 4.78 is 1.04. The fourth-order valence-electron chi connectivity index (χ4n) is 2.74. The summed E-state index contributed by atoms with van der Waals surface area (Å²) in [5.74, 6) is 0.962. The third-order valence-electron chi connectivity index (χ3n) is 4.08. The molecule has 0 unspecified atom stereocenters. The van der Waals surface area contributed by atoms with Crippen molar-refractivity contribution in [1.29, 1.82) is 0 Å². The fraction of sp³-hybridized carbons (Fsp3) is 0.316. The Balaban J connectivity index is 1.42. The first-order valence-electron chi connectivity index (χ1n) is 8.03. The van der Waals surface area contributed by atoms with Crippen molar-refractivity contribution in [3.8, 4) is 0 Å². The average molecular weight is 343 g/mol. The second kappa shape index (κ2) is 8.48. The van der Waals surface area contributed by atoms with E-state index in [4.69, 9.17) is 12.2 Å². The number of hydrogen-bond acceptors (Lipinski definition) is 3. The number of rotatable bonds is 4. The first kappa shape index (κ1) is 16.5. The van der Waals surface area contributed by atoms with Crippen molar-refractivity contribution in [3.63, 3.8) is 0 Å². The van der Waals surface area contributed by atoms with Gasteiger partial charge in [-0.05, 0) is 11.1 Å². The third-order valence-corrected chi connectivity index (χ3v) is 5.68. The van der Waals surface area contributed by atoms with Gasteiger partial charge in [0, 0.05) is 38.5 Å². The minimum Gasteiger partial charge on any atom is -0.355 e. The van der Waals surface area contributed by atoms with Crippen molar-refractivity contribution in [3.05, 3.63) is 71.8 Å². The molecule has 0 N–H and O–H groups in total.